The van der Waals surface area contributed by atoms with Crippen molar-refractivity contribution in [3.05, 3.63) is 118 Å². The third-order valence-electron chi connectivity index (χ3n) is 6.84. The van der Waals surface area contributed by atoms with E-state index in [-0.39, 0.29) is 12.5 Å². The first kappa shape index (κ1) is 26.5. The highest BCUT2D eigenvalue weighted by molar-refractivity contribution is 6.30. The second-order valence-electron chi connectivity index (χ2n) is 9.55. The number of rotatable bonds is 10. The zero-order chi connectivity index (χ0) is 27.2. The summed E-state index contributed by atoms with van der Waals surface area (Å²) in [5.41, 5.74) is 9.99. The fourth-order valence-electron chi connectivity index (χ4n) is 4.78. The molecule has 1 aromatic heterocycles. The predicted octanol–water partition coefficient (Wildman–Crippen LogP) is 4.02. The maximum atomic E-state index is 13.3. The fraction of sp³-hybridized carbons (Fsp3) is 0.233. The molecule has 0 saturated heterocycles. The van der Waals surface area contributed by atoms with E-state index in [1.807, 2.05) is 42.9 Å². The Kier molecular flexibility index (Phi) is 8.24. The van der Waals surface area contributed by atoms with Gasteiger partial charge in [-0.2, -0.15) is 0 Å². The molecule has 2 heterocycles. The van der Waals surface area contributed by atoms with E-state index in [9.17, 15) is 9.59 Å². The highest BCUT2D eigenvalue weighted by atomic mass is 35.5. The fourth-order valence-corrected chi connectivity index (χ4v) is 4.90. The largest absolute Gasteiger partial charge is 0.492 e. The molecule has 39 heavy (non-hydrogen) atoms. The van der Waals surface area contributed by atoms with Gasteiger partial charge in [-0.25, -0.2) is 4.98 Å². The predicted molar refractivity (Wildman–Crippen MR) is 150 cm³/mol. The third-order valence-corrected chi connectivity index (χ3v) is 7.10. The second-order valence-corrected chi connectivity index (χ2v) is 9.99. The van der Waals surface area contributed by atoms with Crippen LogP contribution in [0.3, 0.4) is 0 Å². The van der Waals surface area contributed by atoms with Gasteiger partial charge >= 0.3 is 0 Å². The lowest BCUT2D eigenvalue weighted by Gasteiger charge is -2.28. The van der Waals surface area contributed by atoms with Crippen molar-refractivity contribution in [1.29, 1.82) is 0 Å². The number of nitrogens with one attached hydrogen (secondary N) is 2. The van der Waals surface area contributed by atoms with Gasteiger partial charge in [0.2, 0.25) is 5.91 Å². The Labute approximate surface area is 232 Å². The Morgan fingerprint density at radius 2 is 1.85 bits per heavy atom. The van der Waals surface area contributed by atoms with E-state index in [0.717, 1.165) is 29.8 Å². The van der Waals surface area contributed by atoms with Gasteiger partial charge in [-0.1, -0.05) is 66.2 Å². The molecule has 1 aliphatic heterocycles. The van der Waals surface area contributed by atoms with Gasteiger partial charge in [-0.05, 0) is 29.3 Å². The topological polar surface area (TPSA) is 111 Å². The number of ether oxygens (including phenoxy) is 1. The van der Waals surface area contributed by atoms with E-state index in [4.69, 9.17) is 22.1 Å². The number of fused-ring (bicyclic) bond motifs is 1. The van der Waals surface area contributed by atoms with E-state index in [1.54, 1.807) is 30.3 Å². The van der Waals surface area contributed by atoms with Crippen molar-refractivity contribution in [3.8, 4) is 5.75 Å². The number of para-hydroxylation sites is 1. The van der Waals surface area contributed by atoms with Crippen molar-refractivity contribution >= 4 is 23.4 Å². The molecule has 200 valence electrons. The van der Waals surface area contributed by atoms with Crippen LogP contribution in [0.4, 0.5) is 0 Å². The standard InChI is InChI=1S/C30H30ClN5O3/c31-22-11-9-20(10-12-22)15-27(29(32)37)35-30(38)25-8-4-7-24-26(13-14-39-28(24)25)34-17-23-16-33-19-36(23)18-21-5-2-1-3-6-21/h1-12,16,19,26-27,34H,13-15,17-18H2,(H2,32,37)(H,35,38)/t26?,27-/m0/s1. The van der Waals surface area contributed by atoms with Crippen LogP contribution in [-0.2, 0) is 24.3 Å². The van der Waals surface area contributed by atoms with Gasteiger partial charge < -0.3 is 25.7 Å². The SMILES string of the molecule is NC(=O)[C@H](Cc1ccc(Cl)cc1)NC(=O)c1cccc2c1OCCC2NCc1cncn1Cc1ccccc1. The van der Waals surface area contributed by atoms with Crippen LogP contribution in [0.15, 0.2) is 85.3 Å². The number of imidazole rings is 1. The molecule has 4 N–H and O–H groups in total. The summed E-state index contributed by atoms with van der Waals surface area (Å²) >= 11 is 5.96. The zero-order valence-corrected chi connectivity index (χ0v) is 22.1. The Morgan fingerprint density at radius 1 is 1.05 bits per heavy atom. The summed E-state index contributed by atoms with van der Waals surface area (Å²) in [4.78, 5) is 29.8. The number of carbonyl (C=O) groups excluding carboxylic acids is 2. The Hall–Kier alpha value is -4.14. The van der Waals surface area contributed by atoms with Crippen LogP contribution in [0.1, 0.15) is 45.2 Å². The van der Waals surface area contributed by atoms with E-state index in [2.05, 4.69) is 32.3 Å². The van der Waals surface area contributed by atoms with E-state index < -0.39 is 17.9 Å². The van der Waals surface area contributed by atoms with Gasteiger partial charge in [-0.15, -0.1) is 0 Å². The van der Waals surface area contributed by atoms with Gasteiger partial charge in [0.15, 0.2) is 0 Å². The summed E-state index contributed by atoms with van der Waals surface area (Å²) in [7, 11) is 0. The van der Waals surface area contributed by atoms with Crippen molar-refractivity contribution in [2.24, 2.45) is 5.73 Å². The number of benzene rings is 3. The number of halogens is 1. The molecule has 4 aromatic rings. The minimum atomic E-state index is -0.878. The summed E-state index contributed by atoms with van der Waals surface area (Å²) in [5.74, 6) is -0.506. The van der Waals surface area contributed by atoms with E-state index >= 15 is 0 Å². The molecule has 9 heteroatoms. The van der Waals surface area contributed by atoms with Crippen LogP contribution in [0.2, 0.25) is 5.02 Å². The lowest BCUT2D eigenvalue weighted by molar-refractivity contribution is -0.119. The first-order valence-electron chi connectivity index (χ1n) is 12.8. The normalized spacial score (nSPS) is 15.2. The number of carbonyl (C=O) groups is 2. The third kappa shape index (κ3) is 6.47. The molecule has 1 unspecified atom stereocenters. The van der Waals surface area contributed by atoms with Crippen LogP contribution in [0, 0.1) is 0 Å². The highest BCUT2D eigenvalue weighted by Gasteiger charge is 2.28. The van der Waals surface area contributed by atoms with E-state index in [1.165, 1.54) is 5.56 Å². The minimum absolute atomic E-state index is 0.0115. The van der Waals surface area contributed by atoms with E-state index in [0.29, 0.717) is 29.5 Å². The molecule has 0 bridgehead atoms. The summed E-state index contributed by atoms with van der Waals surface area (Å²) < 4.78 is 8.09. The maximum absolute atomic E-state index is 13.3. The molecular weight excluding hydrogens is 514 g/mol. The molecule has 0 radical (unpaired) electrons. The maximum Gasteiger partial charge on any atom is 0.255 e. The molecule has 0 aliphatic carbocycles. The smallest absolute Gasteiger partial charge is 0.255 e. The zero-order valence-electron chi connectivity index (χ0n) is 21.3. The molecule has 2 amide bonds. The first-order chi connectivity index (χ1) is 19.0. The number of amides is 2. The number of nitrogens with zero attached hydrogens (tertiary/aromatic N) is 2. The van der Waals surface area contributed by atoms with Gasteiger partial charge in [0.25, 0.3) is 5.91 Å². The number of primary amides is 1. The summed E-state index contributed by atoms with van der Waals surface area (Å²) in [5, 5.41) is 6.99. The first-order valence-corrected chi connectivity index (χ1v) is 13.2. The Balaban J connectivity index is 1.28. The average molecular weight is 544 g/mol. The number of hydrogen-bond acceptors (Lipinski definition) is 5. The number of nitrogens with two attached hydrogens (primary N) is 1. The molecule has 8 nitrogen and oxygen atoms in total. The van der Waals surface area contributed by atoms with Gasteiger partial charge in [0.1, 0.15) is 11.8 Å². The molecule has 3 aromatic carbocycles. The summed E-state index contributed by atoms with van der Waals surface area (Å²) in [6.07, 6.45) is 4.72. The molecule has 0 spiro atoms. The molecule has 0 saturated carbocycles. The molecule has 2 atom stereocenters. The van der Waals surface area contributed by atoms with Crippen molar-refractivity contribution in [2.75, 3.05) is 6.61 Å². The summed E-state index contributed by atoms with van der Waals surface area (Å²) in [6.45, 7) is 1.81. The highest BCUT2D eigenvalue weighted by Crippen LogP contribution is 2.35. The van der Waals surface area contributed by atoms with Crippen molar-refractivity contribution < 1.29 is 14.3 Å². The summed E-state index contributed by atoms with van der Waals surface area (Å²) in [6, 6.07) is 21.9. The number of aromatic nitrogens is 2. The quantitative estimate of drug-likeness (QED) is 0.280. The van der Waals surface area contributed by atoms with Crippen LogP contribution in [0.5, 0.6) is 5.75 Å². The van der Waals surface area contributed by atoms with Crippen LogP contribution in [-0.4, -0.2) is 34.0 Å². The minimum Gasteiger partial charge on any atom is -0.492 e. The molecule has 1 aliphatic rings. The van der Waals surface area contributed by atoms with Crippen molar-refractivity contribution in [3.63, 3.8) is 0 Å². The van der Waals surface area contributed by atoms with Crippen molar-refractivity contribution in [1.82, 2.24) is 20.2 Å². The monoisotopic (exact) mass is 543 g/mol. The van der Waals surface area contributed by atoms with Gasteiger partial charge in [-0.3, -0.25) is 9.59 Å². The number of hydrogen-bond donors (Lipinski definition) is 3. The Morgan fingerprint density at radius 3 is 2.62 bits per heavy atom. The van der Waals surface area contributed by atoms with Crippen molar-refractivity contribution in [2.45, 2.75) is 38.0 Å². The van der Waals surface area contributed by atoms with Crippen LogP contribution in [0.25, 0.3) is 0 Å². The lowest BCUT2D eigenvalue weighted by atomic mass is 9.96. The lowest BCUT2D eigenvalue weighted by Crippen LogP contribution is -2.46. The van der Waals surface area contributed by atoms with Gasteiger partial charge in [0.05, 0.1) is 24.2 Å². The van der Waals surface area contributed by atoms with Crippen LogP contribution < -0.4 is 21.1 Å². The second kappa shape index (κ2) is 12.1. The molecule has 0 fully saturated rings. The van der Waals surface area contributed by atoms with Crippen LogP contribution >= 0.6 is 11.6 Å². The van der Waals surface area contributed by atoms with Gasteiger partial charge in [0, 0.05) is 48.8 Å². The average Bonchev–Trinajstić information content (AvgIpc) is 3.39. The molecular formula is C30H30ClN5O3. The molecule has 5 rings (SSSR count). The Bertz CT molecular complexity index is 1440.